The van der Waals surface area contributed by atoms with Crippen LogP contribution in [0.15, 0.2) is 51.1 Å². The van der Waals surface area contributed by atoms with Gasteiger partial charge >= 0.3 is 5.97 Å². The molecule has 0 radical (unpaired) electrons. The van der Waals surface area contributed by atoms with Gasteiger partial charge in [0.15, 0.2) is 0 Å². The summed E-state index contributed by atoms with van der Waals surface area (Å²) < 4.78 is 5.17. The molecular weight excluding hydrogens is 238 g/mol. The van der Waals surface area contributed by atoms with Crippen LogP contribution in [0.4, 0.5) is 0 Å². The predicted octanol–water partition coefficient (Wildman–Crippen LogP) is 2.69. The third-order valence-corrected chi connectivity index (χ3v) is 3.16. The second-order valence-corrected chi connectivity index (χ2v) is 4.32. The highest BCUT2D eigenvalue weighted by atomic mass is 32.1. The molecule has 0 spiro atoms. The standard InChI is InChI=1S/C12H7NO3S/c14-12-9(7-8-3-1-5-15-8)11(13-16-12)10-4-2-6-17-10/h1-7H/b9-7-. The molecule has 0 saturated carbocycles. The Morgan fingerprint density at radius 2 is 2.24 bits per heavy atom. The molecule has 2 aromatic rings. The molecule has 1 aliphatic rings. The number of hydrogen-bond donors (Lipinski definition) is 0. The van der Waals surface area contributed by atoms with Crippen molar-refractivity contribution in [3.8, 4) is 0 Å². The maximum atomic E-state index is 11.6. The van der Waals surface area contributed by atoms with Crippen molar-refractivity contribution in [1.29, 1.82) is 0 Å². The second kappa shape index (κ2) is 4.03. The topological polar surface area (TPSA) is 51.8 Å². The van der Waals surface area contributed by atoms with Crippen LogP contribution in [-0.2, 0) is 9.63 Å². The minimum Gasteiger partial charge on any atom is -0.465 e. The van der Waals surface area contributed by atoms with E-state index in [-0.39, 0.29) is 0 Å². The van der Waals surface area contributed by atoms with Crippen molar-refractivity contribution in [3.63, 3.8) is 0 Å². The van der Waals surface area contributed by atoms with Crippen LogP contribution >= 0.6 is 11.3 Å². The van der Waals surface area contributed by atoms with Gasteiger partial charge in [-0.3, -0.25) is 0 Å². The lowest BCUT2D eigenvalue weighted by molar-refractivity contribution is -0.136. The van der Waals surface area contributed by atoms with Gasteiger partial charge in [-0.1, -0.05) is 11.2 Å². The lowest BCUT2D eigenvalue weighted by Crippen LogP contribution is -2.05. The highest BCUT2D eigenvalue weighted by molar-refractivity contribution is 7.12. The first-order chi connectivity index (χ1) is 8.34. The van der Waals surface area contributed by atoms with Gasteiger partial charge in [-0.2, -0.15) is 0 Å². The molecule has 0 bridgehead atoms. The van der Waals surface area contributed by atoms with Crippen LogP contribution in [0.1, 0.15) is 10.6 Å². The van der Waals surface area contributed by atoms with Gasteiger partial charge in [0, 0.05) is 0 Å². The Bertz CT molecular complexity index is 594. The number of furan rings is 1. The van der Waals surface area contributed by atoms with Crippen LogP contribution in [0.5, 0.6) is 0 Å². The average molecular weight is 245 g/mol. The van der Waals surface area contributed by atoms with Crippen molar-refractivity contribution >= 4 is 29.1 Å². The Kier molecular flexibility index (Phi) is 2.38. The molecular formula is C12H7NO3S. The van der Waals surface area contributed by atoms with Crippen LogP contribution in [-0.4, -0.2) is 11.7 Å². The number of thiophene rings is 1. The summed E-state index contributed by atoms with van der Waals surface area (Å²) in [5.41, 5.74) is 0.976. The van der Waals surface area contributed by atoms with Gasteiger partial charge in [0.25, 0.3) is 0 Å². The molecule has 0 fully saturated rings. The highest BCUT2D eigenvalue weighted by Crippen LogP contribution is 2.23. The Morgan fingerprint density at radius 3 is 2.94 bits per heavy atom. The van der Waals surface area contributed by atoms with E-state index in [1.54, 1.807) is 24.5 Å². The van der Waals surface area contributed by atoms with Crippen LogP contribution in [0, 0.1) is 0 Å². The van der Waals surface area contributed by atoms with Gasteiger partial charge < -0.3 is 9.25 Å². The fourth-order valence-electron chi connectivity index (χ4n) is 1.52. The van der Waals surface area contributed by atoms with Crippen molar-refractivity contribution < 1.29 is 14.0 Å². The van der Waals surface area contributed by atoms with Gasteiger partial charge in [0.05, 0.1) is 16.7 Å². The van der Waals surface area contributed by atoms with E-state index in [0.29, 0.717) is 17.0 Å². The maximum absolute atomic E-state index is 11.6. The Balaban J connectivity index is 2.03. The van der Waals surface area contributed by atoms with Crippen molar-refractivity contribution in [2.75, 3.05) is 0 Å². The number of nitrogens with zero attached hydrogens (tertiary/aromatic N) is 1. The molecule has 4 nitrogen and oxygen atoms in total. The van der Waals surface area contributed by atoms with E-state index in [4.69, 9.17) is 9.25 Å². The largest absolute Gasteiger partial charge is 0.465 e. The summed E-state index contributed by atoms with van der Waals surface area (Å²) in [7, 11) is 0. The quantitative estimate of drug-likeness (QED) is 0.603. The molecule has 0 unspecified atom stereocenters. The second-order valence-electron chi connectivity index (χ2n) is 3.37. The smallest absolute Gasteiger partial charge is 0.368 e. The van der Waals surface area contributed by atoms with E-state index in [2.05, 4.69) is 5.16 Å². The molecule has 2 aromatic heterocycles. The van der Waals surface area contributed by atoms with Crippen LogP contribution in [0.2, 0.25) is 0 Å². The van der Waals surface area contributed by atoms with Gasteiger partial charge in [-0.15, -0.1) is 11.3 Å². The summed E-state index contributed by atoms with van der Waals surface area (Å²) >= 11 is 1.50. The Hall–Kier alpha value is -2.14. The number of rotatable bonds is 2. The summed E-state index contributed by atoms with van der Waals surface area (Å²) in [6.07, 6.45) is 3.18. The number of oxime groups is 1. The summed E-state index contributed by atoms with van der Waals surface area (Å²) in [5, 5.41) is 5.71. The molecule has 5 heteroatoms. The Labute approximate surface area is 101 Å². The molecule has 0 N–H and O–H groups in total. The average Bonchev–Trinajstić information content (AvgIpc) is 3.03. The zero-order valence-electron chi connectivity index (χ0n) is 8.62. The zero-order valence-corrected chi connectivity index (χ0v) is 9.44. The first-order valence-corrected chi connectivity index (χ1v) is 5.81. The predicted molar refractivity (Wildman–Crippen MR) is 63.6 cm³/mol. The fraction of sp³-hybridized carbons (Fsp3) is 0. The van der Waals surface area contributed by atoms with Crippen molar-refractivity contribution in [3.05, 3.63) is 52.1 Å². The van der Waals surface area contributed by atoms with Crippen molar-refractivity contribution in [2.24, 2.45) is 5.16 Å². The lowest BCUT2D eigenvalue weighted by atomic mass is 10.1. The molecule has 0 aromatic carbocycles. The van der Waals surface area contributed by atoms with Crippen LogP contribution in [0.3, 0.4) is 0 Å². The molecule has 3 heterocycles. The van der Waals surface area contributed by atoms with E-state index in [9.17, 15) is 4.79 Å². The summed E-state index contributed by atoms with van der Waals surface area (Å²) in [6.45, 7) is 0. The number of hydrogen-bond acceptors (Lipinski definition) is 5. The van der Waals surface area contributed by atoms with Crippen molar-refractivity contribution in [2.45, 2.75) is 0 Å². The van der Waals surface area contributed by atoms with Gasteiger partial charge in [-0.25, -0.2) is 4.79 Å². The number of carbonyl (C=O) groups is 1. The first kappa shape index (κ1) is 10.0. The van der Waals surface area contributed by atoms with Crippen LogP contribution < -0.4 is 0 Å². The molecule has 0 amide bonds. The minimum absolute atomic E-state index is 0.419. The number of carbonyl (C=O) groups excluding carboxylic acids is 1. The maximum Gasteiger partial charge on any atom is 0.368 e. The van der Waals surface area contributed by atoms with Crippen LogP contribution in [0.25, 0.3) is 6.08 Å². The van der Waals surface area contributed by atoms with Gasteiger partial charge in [0.1, 0.15) is 11.5 Å². The van der Waals surface area contributed by atoms with E-state index in [1.165, 1.54) is 11.3 Å². The van der Waals surface area contributed by atoms with E-state index in [0.717, 1.165) is 4.88 Å². The summed E-state index contributed by atoms with van der Waals surface area (Å²) in [6, 6.07) is 7.32. The minimum atomic E-state index is -0.454. The molecule has 17 heavy (non-hydrogen) atoms. The van der Waals surface area contributed by atoms with Gasteiger partial charge in [-0.05, 0) is 29.7 Å². The van der Waals surface area contributed by atoms with Crippen molar-refractivity contribution in [1.82, 2.24) is 0 Å². The molecule has 3 rings (SSSR count). The monoisotopic (exact) mass is 245 g/mol. The first-order valence-electron chi connectivity index (χ1n) is 4.93. The van der Waals surface area contributed by atoms with E-state index in [1.807, 2.05) is 17.5 Å². The molecule has 84 valence electrons. The zero-order chi connectivity index (χ0) is 11.7. The SMILES string of the molecule is O=C1ON=C(c2cccs2)/C1=C/c1ccco1. The normalized spacial score (nSPS) is 17.3. The van der Waals surface area contributed by atoms with E-state index < -0.39 is 5.97 Å². The van der Waals surface area contributed by atoms with Gasteiger partial charge in [0.2, 0.25) is 0 Å². The molecule has 0 saturated heterocycles. The lowest BCUT2D eigenvalue weighted by Gasteiger charge is -1.94. The molecule has 0 aliphatic carbocycles. The fourth-order valence-corrected chi connectivity index (χ4v) is 2.24. The molecule has 1 aliphatic heterocycles. The van der Waals surface area contributed by atoms with E-state index >= 15 is 0 Å². The summed E-state index contributed by atoms with van der Waals surface area (Å²) in [5.74, 6) is 0.146. The summed E-state index contributed by atoms with van der Waals surface area (Å²) in [4.78, 5) is 17.2. The highest BCUT2D eigenvalue weighted by Gasteiger charge is 2.27. The molecule has 0 atom stereocenters. The third kappa shape index (κ3) is 1.81. The Morgan fingerprint density at radius 1 is 1.29 bits per heavy atom. The third-order valence-electron chi connectivity index (χ3n) is 2.28.